The summed E-state index contributed by atoms with van der Waals surface area (Å²) in [4.78, 5) is 13.2. The quantitative estimate of drug-likeness (QED) is 0.887. The van der Waals surface area contributed by atoms with E-state index in [1.54, 1.807) is 36.7 Å². The molecule has 1 aromatic carbocycles. The van der Waals surface area contributed by atoms with Crippen LogP contribution in [0.15, 0.2) is 47.6 Å². The van der Waals surface area contributed by atoms with Crippen LogP contribution in [0.4, 0.5) is 5.69 Å². The highest BCUT2D eigenvalue weighted by Gasteiger charge is 2.26. The Balaban J connectivity index is 1.72. The maximum Gasteiger partial charge on any atom is 0.240 e. The molecule has 1 aromatic heterocycles. The van der Waals surface area contributed by atoms with E-state index in [4.69, 9.17) is 5.14 Å². The molecule has 7 nitrogen and oxygen atoms in total. The molecule has 1 fully saturated rings. The van der Waals surface area contributed by atoms with Crippen molar-refractivity contribution >= 4 is 15.7 Å². The van der Waals surface area contributed by atoms with E-state index in [-0.39, 0.29) is 10.9 Å². The Bertz CT molecular complexity index is 789. The molecule has 1 saturated heterocycles. The zero-order chi connectivity index (χ0) is 17.2. The van der Waals surface area contributed by atoms with Crippen LogP contribution in [0.3, 0.4) is 0 Å². The van der Waals surface area contributed by atoms with E-state index in [1.807, 2.05) is 6.07 Å². The topological polar surface area (TPSA) is 92.4 Å². The van der Waals surface area contributed by atoms with Crippen LogP contribution < -0.4 is 10.0 Å². The molecule has 2 aromatic rings. The van der Waals surface area contributed by atoms with Crippen LogP contribution in [0.1, 0.15) is 18.8 Å². The van der Waals surface area contributed by atoms with Gasteiger partial charge in [0.05, 0.1) is 11.7 Å². The Hall–Kier alpha value is -2.03. The van der Waals surface area contributed by atoms with Gasteiger partial charge in [0.25, 0.3) is 0 Å². The van der Waals surface area contributed by atoms with E-state index in [0.717, 1.165) is 32.0 Å². The number of hydrogen-bond donors (Lipinski definition) is 1. The van der Waals surface area contributed by atoms with Crippen molar-refractivity contribution in [1.82, 2.24) is 14.9 Å². The van der Waals surface area contributed by atoms with Crippen molar-refractivity contribution in [2.24, 2.45) is 5.14 Å². The van der Waals surface area contributed by atoms with Crippen molar-refractivity contribution in [3.8, 4) is 0 Å². The average molecular weight is 347 g/mol. The van der Waals surface area contributed by atoms with Gasteiger partial charge in [-0.15, -0.1) is 0 Å². The molecular formula is C16H21N5O2S. The van der Waals surface area contributed by atoms with Gasteiger partial charge in [-0.05, 0) is 25.1 Å². The predicted octanol–water partition coefficient (Wildman–Crippen LogP) is 1.01. The van der Waals surface area contributed by atoms with Gasteiger partial charge in [-0.25, -0.2) is 23.5 Å². The van der Waals surface area contributed by atoms with Crippen LogP contribution >= 0.6 is 0 Å². The standard InChI is InChI=1S/C16H21N5O2S/c1-13(16-18-7-4-8-19-16)20-9-11-21(12-10-20)14-5-2-3-6-15(14)24(17,22)23/h2-8,13H,9-12H2,1H3,(H2,17,22,23). The first-order valence-corrected chi connectivity index (χ1v) is 9.39. The van der Waals surface area contributed by atoms with E-state index < -0.39 is 10.0 Å². The van der Waals surface area contributed by atoms with Crippen LogP contribution in [0.2, 0.25) is 0 Å². The largest absolute Gasteiger partial charge is 0.368 e. The van der Waals surface area contributed by atoms with Gasteiger partial charge in [0.2, 0.25) is 10.0 Å². The summed E-state index contributed by atoms with van der Waals surface area (Å²) in [5, 5.41) is 5.33. The van der Waals surface area contributed by atoms with Crippen LogP contribution in [0.5, 0.6) is 0 Å². The molecule has 128 valence electrons. The summed E-state index contributed by atoms with van der Waals surface area (Å²) in [6, 6.07) is 8.81. The second kappa shape index (κ2) is 6.84. The highest BCUT2D eigenvalue weighted by atomic mass is 32.2. The molecule has 1 aliphatic rings. The molecule has 0 amide bonds. The molecule has 3 rings (SSSR count). The molecule has 8 heteroatoms. The summed E-state index contributed by atoms with van der Waals surface area (Å²) in [7, 11) is -3.73. The molecule has 0 bridgehead atoms. The molecule has 0 radical (unpaired) electrons. The molecule has 1 atom stereocenters. The third kappa shape index (κ3) is 3.55. The van der Waals surface area contributed by atoms with Gasteiger partial charge in [-0.3, -0.25) is 4.90 Å². The minimum Gasteiger partial charge on any atom is -0.368 e. The number of nitrogens with two attached hydrogens (primary N) is 1. The Morgan fingerprint density at radius 3 is 2.29 bits per heavy atom. The van der Waals surface area contributed by atoms with E-state index in [9.17, 15) is 8.42 Å². The summed E-state index contributed by atoms with van der Waals surface area (Å²) < 4.78 is 23.6. The number of sulfonamides is 1. The average Bonchev–Trinajstić information content (AvgIpc) is 2.61. The number of piperazine rings is 1. The normalized spacial score (nSPS) is 17.7. The fraction of sp³-hybridized carbons (Fsp3) is 0.375. The van der Waals surface area contributed by atoms with Crippen LogP contribution in [0.25, 0.3) is 0 Å². The number of nitrogens with zero attached hydrogens (tertiary/aromatic N) is 4. The van der Waals surface area contributed by atoms with Crippen molar-refractivity contribution < 1.29 is 8.42 Å². The number of rotatable bonds is 4. The highest BCUT2D eigenvalue weighted by Crippen LogP contribution is 2.26. The van der Waals surface area contributed by atoms with Crippen LogP contribution in [-0.4, -0.2) is 49.5 Å². The third-order valence-electron chi connectivity index (χ3n) is 4.33. The van der Waals surface area contributed by atoms with Crippen LogP contribution in [0, 0.1) is 0 Å². The first-order chi connectivity index (χ1) is 11.5. The fourth-order valence-electron chi connectivity index (χ4n) is 3.00. The molecule has 24 heavy (non-hydrogen) atoms. The molecule has 0 spiro atoms. The van der Waals surface area contributed by atoms with Gasteiger partial charge in [0.15, 0.2) is 0 Å². The summed E-state index contributed by atoms with van der Waals surface area (Å²) in [6.45, 7) is 5.15. The number of anilines is 1. The number of aromatic nitrogens is 2. The van der Waals surface area contributed by atoms with Gasteiger partial charge in [0, 0.05) is 38.6 Å². The predicted molar refractivity (Wildman–Crippen MR) is 92.0 cm³/mol. The fourth-order valence-corrected chi connectivity index (χ4v) is 3.76. The summed E-state index contributed by atoms with van der Waals surface area (Å²) in [5.74, 6) is 0.802. The zero-order valence-corrected chi connectivity index (χ0v) is 14.4. The molecule has 1 unspecified atom stereocenters. The number of para-hydroxylation sites is 1. The van der Waals surface area contributed by atoms with Gasteiger partial charge >= 0.3 is 0 Å². The highest BCUT2D eigenvalue weighted by molar-refractivity contribution is 7.89. The molecule has 2 heterocycles. The lowest BCUT2D eigenvalue weighted by Gasteiger charge is -2.39. The monoisotopic (exact) mass is 347 g/mol. The zero-order valence-electron chi connectivity index (χ0n) is 13.5. The smallest absolute Gasteiger partial charge is 0.240 e. The van der Waals surface area contributed by atoms with Crippen molar-refractivity contribution in [2.75, 3.05) is 31.1 Å². The lowest BCUT2D eigenvalue weighted by atomic mass is 10.2. The number of primary sulfonamides is 1. The SMILES string of the molecule is CC(c1ncccn1)N1CCN(c2ccccc2S(N)(=O)=O)CC1. The third-order valence-corrected chi connectivity index (χ3v) is 5.29. The molecule has 0 saturated carbocycles. The summed E-state index contributed by atoms with van der Waals surface area (Å²) >= 11 is 0. The Labute approximate surface area is 142 Å². The van der Waals surface area contributed by atoms with E-state index in [2.05, 4.69) is 26.7 Å². The number of hydrogen-bond acceptors (Lipinski definition) is 6. The second-order valence-corrected chi connectivity index (χ2v) is 7.35. The Kier molecular flexibility index (Phi) is 4.79. The van der Waals surface area contributed by atoms with Gasteiger partial charge < -0.3 is 4.90 Å². The number of benzene rings is 1. The van der Waals surface area contributed by atoms with Crippen LogP contribution in [-0.2, 0) is 10.0 Å². The minimum absolute atomic E-state index is 0.127. The van der Waals surface area contributed by atoms with E-state index in [1.165, 1.54) is 0 Å². The first-order valence-electron chi connectivity index (χ1n) is 7.84. The second-order valence-electron chi connectivity index (χ2n) is 5.82. The molecule has 0 aliphatic carbocycles. The minimum atomic E-state index is -3.73. The molecule has 1 aliphatic heterocycles. The van der Waals surface area contributed by atoms with Gasteiger partial charge in [0.1, 0.15) is 10.7 Å². The van der Waals surface area contributed by atoms with Crippen molar-refractivity contribution in [2.45, 2.75) is 17.9 Å². The van der Waals surface area contributed by atoms with Gasteiger partial charge in [-0.2, -0.15) is 0 Å². The van der Waals surface area contributed by atoms with Crippen molar-refractivity contribution in [3.05, 3.63) is 48.5 Å². The lowest BCUT2D eigenvalue weighted by Crippen LogP contribution is -2.47. The Morgan fingerprint density at radius 2 is 1.67 bits per heavy atom. The first kappa shape index (κ1) is 16.8. The van der Waals surface area contributed by atoms with Gasteiger partial charge in [-0.1, -0.05) is 12.1 Å². The summed E-state index contributed by atoms with van der Waals surface area (Å²) in [5.41, 5.74) is 0.670. The summed E-state index contributed by atoms with van der Waals surface area (Å²) in [6.07, 6.45) is 3.49. The molecular weight excluding hydrogens is 326 g/mol. The molecule has 2 N–H and O–H groups in total. The lowest BCUT2D eigenvalue weighted by molar-refractivity contribution is 0.191. The van der Waals surface area contributed by atoms with E-state index in [0.29, 0.717) is 5.69 Å². The maximum absolute atomic E-state index is 11.8. The van der Waals surface area contributed by atoms with E-state index >= 15 is 0 Å². The Morgan fingerprint density at radius 1 is 1.04 bits per heavy atom. The van der Waals surface area contributed by atoms with Crippen molar-refractivity contribution in [1.29, 1.82) is 0 Å². The van der Waals surface area contributed by atoms with Crippen molar-refractivity contribution in [3.63, 3.8) is 0 Å². The maximum atomic E-state index is 11.8.